The molecule has 21 heavy (non-hydrogen) atoms. The van der Waals surface area contributed by atoms with E-state index in [4.69, 9.17) is 0 Å². The van der Waals surface area contributed by atoms with Crippen LogP contribution < -0.4 is 5.32 Å². The van der Waals surface area contributed by atoms with E-state index in [1.165, 1.54) is 0 Å². The van der Waals surface area contributed by atoms with Crippen LogP contribution in [0, 0.1) is 5.92 Å². The molecule has 1 atom stereocenters. The molecular weight excluding hydrogens is 264 g/mol. The minimum absolute atomic E-state index is 0.187. The van der Waals surface area contributed by atoms with E-state index in [9.17, 15) is 4.79 Å². The Bertz CT molecular complexity index is 421. The number of piperidine rings is 1. The number of carbonyl (C=O) groups is 1. The number of aryl methyl sites for hydroxylation is 1. The maximum Gasteiger partial charge on any atom is 0.223 e. The lowest BCUT2D eigenvalue weighted by Crippen LogP contribution is -2.45. The zero-order valence-corrected chi connectivity index (χ0v) is 13.5. The molecule has 1 amide bonds. The van der Waals surface area contributed by atoms with Crippen LogP contribution in [-0.4, -0.2) is 45.8 Å². The molecule has 1 aliphatic heterocycles. The summed E-state index contributed by atoms with van der Waals surface area (Å²) in [7, 11) is 0. The van der Waals surface area contributed by atoms with Gasteiger partial charge >= 0.3 is 0 Å². The second-order valence-corrected chi connectivity index (χ2v) is 6.37. The molecule has 0 aromatic carbocycles. The molecule has 0 saturated carbocycles. The molecule has 2 heterocycles. The number of rotatable bonds is 6. The molecule has 1 aromatic heterocycles. The van der Waals surface area contributed by atoms with Crippen LogP contribution >= 0.6 is 0 Å². The van der Waals surface area contributed by atoms with Crippen molar-refractivity contribution in [3.8, 4) is 0 Å². The Hall–Kier alpha value is -1.36. The Balaban J connectivity index is 1.69. The molecule has 5 nitrogen and oxygen atoms in total. The number of hydrogen-bond acceptors (Lipinski definition) is 3. The summed E-state index contributed by atoms with van der Waals surface area (Å²) in [6.07, 6.45) is 6.62. The molecular formula is C16H28N4O. The average molecular weight is 292 g/mol. The van der Waals surface area contributed by atoms with Crippen molar-refractivity contribution in [3.63, 3.8) is 0 Å². The van der Waals surface area contributed by atoms with Crippen molar-refractivity contribution in [1.29, 1.82) is 0 Å². The Morgan fingerprint density at radius 2 is 2.05 bits per heavy atom. The van der Waals surface area contributed by atoms with E-state index in [1.54, 1.807) is 6.20 Å². The van der Waals surface area contributed by atoms with Crippen molar-refractivity contribution in [2.24, 2.45) is 5.92 Å². The van der Waals surface area contributed by atoms with E-state index < -0.39 is 0 Å². The summed E-state index contributed by atoms with van der Waals surface area (Å²) in [6, 6.07) is 2.71. The van der Waals surface area contributed by atoms with Crippen molar-refractivity contribution in [1.82, 2.24) is 20.0 Å². The van der Waals surface area contributed by atoms with Gasteiger partial charge in [0, 0.05) is 36.9 Å². The van der Waals surface area contributed by atoms with E-state index in [0.717, 1.165) is 38.9 Å². The van der Waals surface area contributed by atoms with Gasteiger partial charge in [0.15, 0.2) is 0 Å². The van der Waals surface area contributed by atoms with E-state index in [0.29, 0.717) is 6.04 Å². The van der Waals surface area contributed by atoms with Crippen molar-refractivity contribution in [2.45, 2.75) is 58.7 Å². The highest BCUT2D eigenvalue weighted by molar-refractivity contribution is 5.79. The fraction of sp³-hybridized carbons (Fsp3) is 0.750. The van der Waals surface area contributed by atoms with Crippen LogP contribution in [0.1, 0.15) is 40.0 Å². The van der Waals surface area contributed by atoms with Crippen LogP contribution in [0.2, 0.25) is 0 Å². The lowest BCUT2D eigenvalue weighted by atomic mass is 9.95. The van der Waals surface area contributed by atoms with Gasteiger partial charge in [-0.1, -0.05) is 0 Å². The second-order valence-electron chi connectivity index (χ2n) is 6.37. The number of aromatic nitrogens is 2. The van der Waals surface area contributed by atoms with Crippen LogP contribution in [-0.2, 0) is 11.3 Å². The monoisotopic (exact) mass is 292 g/mol. The van der Waals surface area contributed by atoms with Gasteiger partial charge in [0.05, 0.1) is 0 Å². The molecule has 0 spiro atoms. The molecule has 0 aliphatic carbocycles. The molecule has 1 aromatic rings. The number of amides is 1. The standard InChI is InChI=1S/C16H28N4O/c1-13(2)19-10-6-15(7-11-19)16(21)18-14(3)5-12-20-9-4-8-17-20/h4,8-9,13-15H,5-7,10-12H2,1-3H3,(H,18,21). The van der Waals surface area contributed by atoms with Gasteiger partial charge in [0.1, 0.15) is 0 Å². The smallest absolute Gasteiger partial charge is 0.223 e. The third-order valence-corrected chi connectivity index (χ3v) is 4.37. The summed E-state index contributed by atoms with van der Waals surface area (Å²) in [5, 5.41) is 7.34. The summed E-state index contributed by atoms with van der Waals surface area (Å²) in [5.74, 6) is 0.415. The molecule has 1 unspecified atom stereocenters. The summed E-state index contributed by atoms with van der Waals surface area (Å²) in [6.45, 7) is 9.44. The number of nitrogens with one attached hydrogen (secondary N) is 1. The molecule has 1 saturated heterocycles. The van der Waals surface area contributed by atoms with Gasteiger partial charge in [-0.15, -0.1) is 0 Å². The maximum absolute atomic E-state index is 12.3. The highest BCUT2D eigenvalue weighted by Crippen LogP contribution is 2.19. The minimum Gasteiger partial charge on any atom is -0.353 e. The average Bonchev–Trinajstić information content (AvgIpc) is 2.98. The molecule has 1 fully saturated rings. The quantitative estimate of drug-likeness (QED) is 0.871. The predicted molar refractivity (Wildman–Crippen MR) is 83.9 cm³/mol. The SMILES string of the molecule is CC(CCn1cccn1)NC(=O)C1CCN(C(C)C)CC1. The molecule has 0 bridgehead atoms. The third-order valence-electron chi connectivity index (χ3n) is 4.37. The fourth-order valence-electron chi connectivity index (χ4n) is 2.87. The molecule has 1 N–H and O–H groups in total. The molecule has 2 rings (SSSR count). The summed E-state index contributed by atoms with van der Waals surface area (Å²) in [4.78, 5) is 14.7. The first kappa shape index (κ1) is 16.0. The molecule has 5 heteroatoms. The Morgan fingerprint density at radius 3 is 2.62 bits per heavy atom. The summed E-state index contributed by atoms with van der Waals surface area (Å²) < 4.78 is 1.91. The Labute approximate surface area is 127 Å². The fourth-order valence-corrected chi connectivity index (χ4v) is 2.87. The zero-order chi connectivity index (χ0) is 15.2. The first-order valence-electron chi connectivity index (χ1n) is 8.08. The van der Waals surface area contributed by atoms with Gasteiger partial charge in [-0.05, 0) is 59.2 Å². The van der Waals surface area contributed by atoms with Crippen LogP contribution in [0.4, 0.5) is 0 Å². The van der Waals surface area contributed by atoms with Crippen molar-refractivity contribution in [2.75, 3.05) is 13.1 Å². The van der Waals surface area contributed by atoms with Crippen LogP contribution in [0.15, 0.2) is 18.5 Å². The summed E-state index contributed by atoms with van der Waals surface area (Å²) in [5.41, 5.74) is 0. The molecule has 118 valence electrons. The number of carbonyl (C=O) groups excluding carboxylic acids is 1. The van der Waals surface area contributed by atoms with Gasteiger partial charge in [0.2, 0.25) is 5.91 Å². The minimum atomic E-state index is 0.187. The van der Waals surface area contributed by atoms with Crippen LogP contribution in [0.25, 0.3) is 0 Å². The van der Waals surface area contributed by atoms with E-state index in [-0.39, 0.29) is 17.9 Å². The van der Waals surface area contributed by atoms with Gasteiger partial charge in [0.25, 0.3) is 0 Å². The predicted octanol–water partition coefficient (Wildman–Crippen LogP) is 1.90. The zero-order valence-electron chi connectivity index (χ0n) is 13.5. The van der Waals surface area contributed by atoms with E-state index in [2.05, 4.69) is 36.1 Å². The lowest BCUT2D eigenvalue weighted by molar-refractivity contribution is -0.127. The Morgan fingerprint density at radius 1 is 1.33 bits per heavy atom. The third kappa shape index (κ3) is 4.84. The van der Waals surface area contributed by atoms with Gasteiger partial charge in [-0.3, -0.25) is 9.48 Å². The van der Waals surface area contributed by atoms with Gasteiger partial charge < -0.3 is 10.2 Å². The van der Waals surface area contributed by atoms with Crippen LogP contribution in [0.5, 0.6) is 0 Å². The highest BCUT2D eigenvalue weighted by Gasteiger charge is 2.26. The lowest BCUT2D eigenvalue weighted by Gasteiger charge is -2.34. The molecule has 1 aliphatic rings. The maximum atomic E-state index is 12.3. The number of nitrogens with zero attached hydrogens (tertiary/aromatic N) is 3. The number of likely N-dealkylation sites (tertiary alicyclic amines) is 1. The van der Waals surface area contributed by atoms with Crippen LogP contribution in [0.3, 0.4) is 0 Å². The van der Waals surface area contributed by atoms with Gasteiger partial charge in [-0.25, -0.2) is 0 Å². The number of hydrogen-bond donors (Lipinski definition) is 1. The summed E-state index contributed by atoms with van der Waals surface area (Å²) >= 11 is 0. The first-order valence-corrected chi connectivity index (χ1v) is 8.08. The highest BCUT2D eigenvalue weighted by atomic mass is 16.1. The topological polar surface area (TPSA) is 50.2 Å². The van der Waals surface area contributed by atoms with E-state index >= 15 is 0 Å². The van der Waals surface area contributed by atoms with Crippen molar-refractivity contribution in [3.05, 3.63) is 18.5 Å². The largest absolute Gasteiger partial charge is 0.353 e. The second kappa shape index (κ2) is 7.59. The van der Waals surface area contributed by atoms with Gasteiger partial charge in [-0.2, -0.15) is 5.10 Å². The van der Waals surface area contributed by atoms with Crippen molar-refractivity contribution >= 4 is 5.91 Å². The normalized spacial score (nSPS) is 18.9. The first-order chi connectivity index (χ1) is 10.1. The van der Waals surface area contributed by atoms with E-state index in [1.807, 2.05) is 16.9 Å². The van der Waals surface area contributed by atoms with Crippen molar-refractivity contribution < 1.29 is 4.79 Å². The Kier molecular flexibility index (Phi) is 5.79. The molecule has 0 radical (unpaired) electrons.